The molecule has 116 valence electrons. The van der Waals surface area contributed by atoms with Gasteiger partial charge in [-0.05, 0) is 39.5 Å². The first-order chi connectivity index (χ1) is 10.6. The minimum absolute atomic E-state index is 0.0158. The van der Waals surface area contributed by atoms with Crippen LogP contribution in [0.1, 0.15) is 52.4 Å². The van der Waals surface area contributed by atoms with Crippen molar-refractivity contribution in [1.82, 2.24) is 0 Å². The van der Waals surface area contributed by atoms with Gasteiger partial charge in [-0.15, -0.1) is 0 Å². The van der Waals surface area contributed by atoms with E-state index in [1.165, 1.54) is 17.6 Å². The van der Waals surface area contributed by atoms with Crippen molar-refractivity contribution in [3.8, 4) is 12.1 Å². The SMILES string of the molecule is CC1OC2(CCC3=C4CCCCC4C(C#N)(C#N)C32)OC1C. The summed E-state index contributed by atoms with van der Waals surface area (Å²) in [6, 6.07) is 4.83. The number of hydrogen-bond acceptors (Lipinski definition) is 4. The number of hydrogen-bond donors (Lipinski definition) is 0. The highest BCUT2D eigenvalue weighted by Crippen LogP contribution is 2.66. The Hall–Kier alpha value is -1.36. The molecule has 4 nitrogen and oxygen atoms in total. The molecule has 22 heavy (non-hydrogen) atoms. The highest BCUT2D eigenvalue weighted by Gasteiger charge is 2.69. The molecule has 3 fully saturated rings. The molecule has 1 spiro atoms. The quantitative estimate of drug-likeness (QED) is 0.642. The minimum atomic E-state index is -0.995. The molecule has 4 heteroatoms. The van der Waals surface area contributed by atoms with Crippen molar-refractivity contribution in [2.45, 2.75) is 70.4 Å². The number of nitriles is 2. The Balaban J connectivity index is 1.85. The highest BCUT2D eigenvalue weighted by molar-refractivity contribution is 5.46. The topological polar surface area (TPSA) is 66.0 Å². The fourth-order valence-electron chi connectivity index (χ4n) is 5.34. The lowest BCUT2D eigenvalue weighted by Crippen LogP contribution is -2.46. The standard InChI is InChI=1S/C18H22N2O2/c1-11-12(2)22-18(21-11)8-7-14-13-5-3-4-6-15(13)17(9-19,10-20)16(14)18/h11-12,15-16H,3-8H2,1-2H3. The summed E-state index contributed by atoms with van der Waals surface area (Å²) in [4.78, 5) is 0. The first kappa shape index (κ1) is 14.2. The Kier molecular flexibility index (Phi) is 2.96. The summed E-state index contributed by atoms with van der Waals surface area (Å²) in [6.45, 7) is 4.04. The Morgan fingerprint density at radius 1 is 1.00 bits per heavy atom. The molecule has 1 heterocycles. The number of nitrogens with zero attached hydrogens (tertiary/aromatic N) is 2. The number of rotatable bonds is 0. The molecular formula is C18H22N2O2. The maximum atomic E-state index is 9.97. The predicted molar refractivity (Wildman–Crippen MR) is 79.2 cm³/mol. The molecule has 0 N–H and O–H groups in total. The van der Waals surface area contributed by atoms with Crippen molar-refractivity contribution in [2.24, 2.45) is 17.3 Å². The Morgan fingerprint density at radius 3 is 2.32 bits per heavy atom. The van der Waals surface area contributed by atoms with Crippen LogP contribution in [0, 0.1) is 39.9 Å². The van der Waals surface area contributed by atoms with Crippen molar-refractivity contribution < 1.29 is 9.47 Å². The smallest absolute Gasteiger partial charge is 0.178 e. The molecule has 0 aromatic rings. The third kappa shape index (κ3) is 1.53. The molecule has 4 aliphatic rings. The molecule has 0 aromatic heterocycles. The van der Waals surface area contributed by atoms with Gasteiger partial charge in [0.15, 0.2) is 11.2 Å². The summed E-state index contributed by atoms with van der Waals surface area (Å²) in [5.41, 5.74) is 1.70. The van der Waals surface area contributed by atoms with E-state index < -0.39 is 11.2 Å². The minimum Gasteiger partial charge on any atom is -0.344 e. The average Bonchev–Trinajstić information content (AvgIpc) is 3.12. The largest absolute Gasteiger partial charge is 0.344 e. The fraction of sp³-hybridized carbons (Fsp3) is 0.778. The van der Waals surface area contributed by atoms with Gasteiger partial charge in [0.05, 0.1) is 30.3 Å². The highest BCUT2D eigenvalue weighted by atomic mass is 16.8. The fourth-order valence-corrected chi connectivity index (χ4v) is 5.34. The van der Waals surface area contributed by atoms with E-state index >= 15 is 0 Å². The van der Waals surface area contributed by atoms with Crippen LogP contribution in [0.4, 0.5) is 0 Å². The van der Waals surface area contributed by atoms with Crippen molar-refractivity contribution in [3.63, 3.8) is 0 Å². The Labute approximate surface area is 131 Å². The maximum absolute atomic E-state index is 9.97. The summed E-state index contributed by atoms with van der Waals surface area (Å²) < 4.78 is 12.5. The van der Waals surface area contributed by atoms with Crippen LogP contribution in [0.25, 0.3) is 0 Å². The molecule has 4 unspecified atom stereocenters. The van der Waals surface area contributed by atoms with Gasteiger partial charge in [-0.2, -0.15) is 10.5 Å². The van der Waals surface area contributed by atoms with Gasteiger partial charge in [-0.3, -0.25) is 0 Å². The van der Waals surface area contributed by atoms with Crippen molar-refractivity contribution in [3.05, 3.63) is 11.1 Å². The molecule has 4 rings (SSSR count). The van der Waals surface area contributed by atoms with Gasteiger partial charge in [-0.25, -0.2) is 0 Å². The van der Waals surface area contributed by atoms with Crippen LogP contribution in [-0.2, 0) is 9.47 Å². The molecule has 0 bridgehead atoms. The first-order valence-corrected chi connectivity index (χ1v) is 8.48. The summed E-state index contributed by atoms with van der Waals surface area (Å²) in [7, 11) is 0. The van der Waals surface area contributed by atoms with E-state index in [9.17, 15) is 10.5 Å². The Bertz CT molecular complexity index is 600. The van der Waals surface area contributed by atoms with E-state index in [1.807, 2.05) is 13.8 Å². The molecular weight excluding hydrogens is 276 g/mol. The zero-order valence-electron chi connectivity index (χ0n) is 13.3. The molecule has 3 aliphatic carbocycles. The van der Waals surface area contributed by atoms with Crippen molar-refractivity contribution in [1.29, 1.82) is 10.5 Å². The van der Waals surface area contributed by atoms with Crippen molar-refractivity contribution >= 4 is 0 Å². The summed E-state index contributed by atoms with van der Waals surface area (Å²) in [6.07, 6.45) is 6.02. The lowest BCUT2D eigenvalue weighted by atomic mass is 9.66. The monoisotopic (exact) mass is 298 g/mol. The van der Waals surface area contributed by atoms with Crippen LogP contribution in [0.15, 0.2) is 11.1 Å². The second-order valence-corrected chi connectivity index (χ2v) is 7.33. The molecule has 1 saturated heterocycles. The molecule has 2 saturated carbocycles. The zero-order chi connectivity index (χ0) is 15.5. The van der Waals surface area contributed by atoms with Crippen LogP contribution < -0.4 is 0 Å². The Morgan fingerprint density at radius 2 is 1.68 bits per heavy atom. The number of fused-ring (bicyclic) bond motifs is 3. The molecule has 0 amide bonds. The summed E-state index contributed by atoms with van der Waals surface area (Å²) in [5, 5.41) is 19.9. The predicted octanol–water partition coefficient (Wildman–Crippen LogP) is 3.45. The maximum Gasteiger partial charge on any atom is 0.178 e. The molecule has 1 aliphatic heterocycles. The third-order valence-corrected chi connectivity index (χ3v) is 6.36. The van der Waals surface area contributed by atoms with Crippen molar-refractivity contribution in [2.75, 3.05) is 0 Å². The third-order valence-electron chi connectivity index (χ3n) is 6.36. The van der Waals surface area contributed by atoms with Crippen LogP contribution >= 0.6 is 0 Å². The van der Waals surface area contributed by atoms with Gasteiger partial charge in [0.2, 0.25) is 0 Å². The second-order valence-electron chi connectivity index (χ2n) is 7.33. The number of allylic oxidation sites excluding steroid dienone is 1. The average molecular weight is 298 g/mol. The van der Waals surface area contributed by atoms with E-state index in [0.717, 1.165) is 32.1 Å². The van der Waals surface area contributed by atoms with E-state index in [-0.39, 0.29) is 24.0 Å². The molecule has 4 atom stereocenters. The van der Waals surface area contributed by atoms with Gasteiger partial charge in [0.25, 0.3) is 0 Å². The first-order valence-electron chi connectivity index (χ1n) is 8.48. The molecule has 0 aromatic carbocycles. The van der Waals surface area contributed by atoms with Crippen LogP contribution in [0.5, 0.6) is 0 Å². The molecule has 0 radical (unpaired) electrons. The second kappa shape index (κ2) is 4.57. The lowest BCUT2D eigenvalue weighted by molar-refractivity contribution is -0.205. The van der Waals surface area contributed by atoms with Crippen LogP contribution in [-0.4, -0.2) is 18.0 Å². The lowest BCUT2D eigenvalue weighted by Gasteiger charge is -2.38. The van der Waals surface area contributed by atoms with Crippen LogP contribution in [0.2, 0.25) is 0 Å². The zero-order valence-corrected chi connectivity index (χ0v) is 13.3. The van der Waals surface area contributed by atoms with E-state index in [4.69, 9.17) is 9.47 Å². The van der Waals surface area contributed by atoms with Gasteiger partial charge in [0.1, 0.15) is 0 Å². The van der Waals surface area contributed by atoms with Gasteiger partial charge in [0, 0.05) is 12.3 Å². The van der Waals surface area contributed by atoms with Gasteiger partial charge < -0.3 is 9.47 Å². The van der Waals surface area contributed by atoms with E-state index in [2.05, 4.69) is 12.1 Å². The van der Waals surface area contributed by atoms with E-state index in [1.54, 1.807) is 0 Å². The van der Waals surface area contributed by atoms with E-state index in [0.29, 0.717) is 0 Å². The normalized spacial score (nSPS) is 45.5. The van der Waals surface area contributed by atoms with Crippen LogP contribution in [0.3, 0.4) is 0 Å². The van der Waals surface area contributed by atoms with Gasteiger partial charge >= 0.3 is 0 Å². The summed E-state index contributed by atoms with van der Waals surface area (Å²) in [5.74, 6) is -0.850. The van der Waals surface area contributed by atoms with Gasteiger partial charge in [-0.1, -0.05) is 17.6 Å². The summed E-state index contributed by atoms with van der Waals surface area (Å²) >= 11 is 0. The number of ether oxygens (including phenoxy) is 2.